The number of pyridine rings is 1. The van der Waals surface area contributed by atoms with Gasteiger partial charge in [-0.05, 0) is 41.3 Å². The van der Waals surface area contributed by atoms with Gasteiger partial charge in [0, 0.05) is 28.7 Å². The molecule has 3 aromatic carbocycles. The van der Waals surface area contributed by atoms with Crippen molar-refractivity contribution >= 4 is 38.2 Å². The largest absolute Gasteiger partial charge is 0.382 e. The van der Waals surface area contributed by atoms with Gasteiger partial charge in [-0.1, -0.05) is 60.1 Å². The molecule has 9 heteroatoms. The molecule has 0 fully saturated rings. The van der Waals surface area contributed by atoms with Crippen LogP contribution in [0, 0.1) is 0 Å². The molecule has 0 saturated heterocycles. The maximum atomic E-state index is 13.5. The van der Waals surface area contributed by atoms with Crippen molar-refractivity contribution in [2.45, 2.75) is 18.0 Å². The van der Waals surface area contributed by atoms with Crippen LogP contribution < -0.4 is 11.6 Å². The Morgan fingerprint density at radius 2 is 1.61 bits per heavy atom. The molecule has 1 heterocycles. The van der Waals surface area contributed by atoms with Gasteiger partial charge in [0.25, 0.3) is 0 Å². The molecule has 0 aliphatic carbocycles. The number of aromatic nitrogens is 1. The number of benzene rings is 3. The van der Waals surface area contributed by atoms with Crippen LogP contribution in [0.1, 0.15) is 16.8 Å². The summed E-state index contributed by atoms with van der Waals surface area (Å²) >= 11 is 5.96. The van der Waals surface area contributed by atoms with Crippen LogP contribution in [-0.4, -0.2) is 23.5 Å². The van der Waals surface area contributed by atoms with Gasteiger partial charge in [-0.25, -0.2) is 8.42 Å². The molecule has 0 unspecified atom stereocenters. The van der Waals surface area contributed by atoms with Crippen molar-refractivity contribution in [3.63, 3.8) is 0 Å². The van der Waals surface area contributed by atoms with E-state index in [2.05, 4.69) is 10.1 Å². The van der Waals surface area contributed by atoms with Gasteiger partial charge in [0.2, 0.25) is 10.0 Å². The molecule has 0 amide bonds. The molecule has 4 aromatic rings. The summed E-state index contributed by atoms with van der Waals surface area (Å²) in [5, 5.41) is 5.93. The summed E-state index contributed by atoms with van der Waals surface area (Å²) in [7, 11) is -3.83. The summed E-state index contributed by atoms with van der Waals surface area (Å²) in [5.41, 5.74) is 7.83. The Morgan fingerprint density at radius 3 is 2.27 bits per heavy atom. The predicted octanol–water partition coefficient (Wildman–Crippen LogP) is 3.86. The summed E-state index contributed by atoms with van der Waals surface area (Å²) in [6.45, 7) is 0.239. The minimum atomic E-state index is -3.83. The van der Waals surface area contributed by atoms with Crippen molar-refractivity contribution in [3.8, 4) is 0 Å². The average molecular weight is 480 g/mol. The minimum absolute atomic E-state index is 0.101. The van der Waals surface area contributed by atoms with E-state index in [0.717, 1.165) is 16.3 Å². The highest BCUT2D eigenvalue weighted by Gasteiger charge is 2.25. The number of nitrogens with zero attached hydrogens (tertiary/aromatic N) is 3. The molecule has 0 atom stereocenters. The van der Waals surface area contributed by atoms with E-state index in [1.54, 1.807) is 42.6 Å². The lowest BCUT2D eigenvalue weighted by Crippen LogP contribution is -2.30. The fourth-order valence-electron chi connectivity index (χ4n) is 3.44. The zero-order chi connectivity index (χ0) is 23.4. The van der Waals surface area contributed by atoms with Crippen molar-refractivity contribution in [2.24, 2.45) is 16.7 Å². The topological polar surface area (TPSA) is 115 Å². The Hall–Kier alpha value is -3.46. The molecule has 0 aliphatic heterocycles. The van der Waals surface area contributed by atoms with Gasteiger partial charge in [0.05, 0.1) is 17.1 Å². The Labute approximate surface area is 197 Å². The Morgan fingerprint density at radius 1 is 0.939 bits per heavy atom. The van der Waals surface area contributed by atoms with Crippen LogP contribution in [0.25, 0.3) is 10.8 Å². The lowest BCUT2D eigenvalue weighted by molar-refractivity contribution is 0.397. The van der Waals surface area contributed by atoms with Gasteiger partial charge in [-0.2, -0.15) is 9.41 Å². The SMILES string of the molecule is N/N=C(\N)c1ccc(CN(Cc2cc3ccccc3cn2)S(=O)(=O)c2ccc(Cl)cc2)cc1. The third kappa shape index (κ3) is 5.14. The van der Waals surface area contributed by atoms with Crippen LogP contribution in [0.4, 0.5) is 0 Å². The number of hydrogen-bond donors (Lipinski definition) is 2. The maximum Gasteiger partial charge on any atom is 0.243 e. The molecular weight excluding hydrogens is 458 g/mol. The van der Waals surface area contributed by atoms with Crippen molar-refractivity contribution in [1.82, 2.24) is 9.29 Å². The molecule has 168 valence electrons. The van der Waals surface area contributed by atoms with Gasteiger partial charge in [0.1, 0.15) is 5.84 Å². The monoisotopic (exact) mass is 479 g/mol. The quantitative estimate of drug-likeness (QED) is 0.181. The molecule has 0 bridgehead atoms. The molecule has 4 rings (SSSR count). The Kier molecular flexibility index (Phi) is 6.60. The number of amidine groups is 1. The molecule has 33 heavy (non-hydrogen) atoms. The zero-order valence-electron chi connectivity index (χ0n) is 17.6. The summed E-state index contributed by atoms with van der Waals surface area (Å²) < 4.78 is 28.5. The number of hydrogen-bond acceptors (Lipinski definition) is 5. The first kappa shape index (κ1) is 22.7. The van der Waals surface area contributed by atoms with Crippen LogP contribution in [-0.2, 0) is 23.1 Å². The summed E-state index contributed by atoms with van der Waals surface area (Å²) in [5.74, 6) is 5.44. The van der Waals surface area contributed by atoms with E-state index in [-0.39, 0.29) is 23.8 Å². The van der Waals surface area contributed by atoms with Crippen LogP contribution in [0.2, 0.25) is 5.02 Å². The van der Waals surface area contributed by atoms with Crippen molar-refractivity contribution in [3.05, 3.63) is 107 Å². The van der Waals surface area contributed by atoms with E-state index in [9.17, 15) is 8.42 Å². The van der Waals surface area contributed by atoms with E-state index >= 15 is 0 Å². The van der Waals surface area contributed by atoms with Gasteiger partial charge in [-0.15, -0.1) is 0 Å². The van der Waals surface area contributed by atoms with Gasteiger partial charge >= 0.3 is 0 Å². The van der Waals surface area contributed by atoms with E-state index in [1.165, 1.54) is 16.4 Å². The van der Waals surface area contributed by atoms with Crippen molar-refractivity contribution < 1.29 is 8.42 Å². The maximum absolute atomic E-state index is 13.5. The normalized spacial score (nSPS) is 12.4. The molecule has 1 aromatic heterocycles. The van der Waals surface area contributed by atoms with Crippen molar-refractivity contribution in [2.75, 3.05) is 0 Å². The number of hydrazone groups is 1. The van der Waals surface area contributed by atoms with Gasteiger partial charge in [-0.3, -0.25) is 4.98 Å². The molecule has 0 spiro atoms. The summed E-state index contributed by atoms with van der Waals surface area (Å²) in [4.78, 5) is 4.64. The van der Waals surface area contributed by atoms with Crippen LogP contribution in [0.5, 0.6) is 0 Å². The van der Waals surface area contributed by atoms with E-state index < -0.39 is 10.0 Å². The number of rotatable bonds is 7. The van der Waals surface area contributed by atoms with Crippen LogP contribution in [0.15, 0.2) is 95.1 Å². The Bertz CT molecular complexity index is 1410. The fourth-order valence-corrected chi connectivity index (χ4v) is 4.96. The summed E-state index contributed by atoms with van der Waals surface area (Å²) in [6.07, 6.45) is 1.75. The third-order valence-electron chi connectivity index (χ3n) is 5.23. The number of halogens is 1. The van der Waals surface area contributed by atoms with E-state index in [1.807, 2.05) is 30.3 Å². The number of sulfonamides is 1. The first-order valence-electron chi connectivity index (χ1n) is 10.1. The van der Waals surface area contributed by atoms with Gasteiger partial charge < -0.3 is 11.6 Å². The average Bonchev–Trinajstić information content (AvgIpc) is 2.84. The molecule has 4 N–H and O–H groups in total. The van der Waals surface area contributed by atoms with Crippen molar-refractivity contribution in [1.29, 1.82) is 0 Å². The first-order valence-corrected chi connectivity index (χ1v) is 11.9. The highest BCUT2D eigenvalue weighted by Crippen LogP contribution is 2.23. The second-order valence-corrected chi connectivity index (χ2v) is 9.84. The molecule has 7 nitrogen and oxygen atoms in total. The Balaban J connectivity index is 1.70. The minimum Gasteiger partial charge on any atom is -0.382 e. The summed E-state index contributed by atoms with van der Waals surface area (Å²) in [6, 6.07) is 22.9. The second kappa shape index (κ2) is 9.58. The number of fused-ring (bicyclic) bond motifs is 1. The highest BCUT2D eigenvalue weighted by atomic mass is 35.5. The lowest BCUT2D eigenvalue weighted by Gasteiger charge is -2.22. The molecule has 0 aliphatic rings. The van der Waals surface area contributed by atoms with Crippen LogP contribution >= 0.6 is 11.6 Å². The van der Waals surface area contributed by atoms with Crippen LogP contribution in [0.3, 0.4) is 0 Å². The second-order valence-electron chi connectivity index (χ2n) is 7.46. The standard InChI is InChI=1S/C24H22ClN5O2S/c25-21-9-11-23(12-10-21)33(31,32)30(15-17-5-7-18(8-6-17)24(26)29-27)16-22-13-19-3-1-2-4-20(19)14-28-22/h1-14H,15-16,27H2,(H2,26,29). The first-order chi connectivity index (χ1) is 15.9. The molecule has 0 radical (unpaired) electrons. The lowest BCUT2D eigenvalue weighted by atomic mass is 10.1. The van der Waals surface area contributed by atoms with E-state index in [4.69, 9.17) is 23.2 Å². The smallest absolute Gasteiger partial charge is 0.243 e. The fraction of sp³-hybridized carbons (Fsp3) is 0.0833. The zero-order valence-corrected chi connectivity index (χ0v) is 19.2. The highest BCUT2D eigenvalue weighted by molar-refractivity contribution is 7.89. The molecule has 0 saturated carbocycles. The number of nitrogens with two attached hydrogens (primary N) is 2. The molecular formula is C24H22ClN5O2S. The van der Waals surface area contributed by atoms with E-state index in [0.29, 0.717) is 16.3 Å². The predicted molar refractivity (Wildman–Crippen MR) is 131 cm³/mol. The van der Waals surface area contributed by atoms with Gasteiger partial charge in [0.15, 0.2) is 0 Å². The third-order valence-corrected chi connectivity index (χ3v) is 7.28.